The van der Waals surface area contributed by atoms with Gasteiger partial charge in [-0.3, -0.25) is 9.59 Å². The number of ether oxygens (including phenoxy) is 1. The topological polar surface area (TPSA) is 107 Å². The lowest BCUT2D eigenvalue weighted by molar-refractivity contribution is 0.0358. The van der Waals surface area contributed by atoms with Gasteiger partial charge >= 0.3 is 0 Å². The van der Waals surface area contributed by atoms with E-state index in [2.05, 4.69) is 12.2 Å². The van der Waals surface area contributed by atoms with Gasteiger partial charge in [0.2, 0.25) is 0 Å². The van der Waals surface area contributed by atoms with Crippen molar-refractivity contribution in [1.82, 2.24) is 5.32 Å². The highest BCUT2D eigenvalue weighted by molar-refractivity contribution is 6.32. The molecule has 0 aromatic heterocycles. The van der Waals surface area contributed by atoms with E-state index < -0.39 is 0 Å². The molecule has 6 heteroatoms. The Balaban J connectivity index is 0.000000755. The number of nitrogen functional groups attached to an aromatic ring is 2. The zero-order valence-corrected chi connectivity index (χ0v) is 17.3. The number of hydrogen-bond donors (Lipinski definition) is 3. The molecule has 154 valence electrons. The first-order valence-electron chi connectivity index (χ1n) is 10.1. The van der Waals surface area contributed by atoms with Crippen LogP contribution in [0.4, 0.5) is 11.4 Å². The van der Waals surface area contributed by atoms with Gasteiger partial charge in [0.25, 0.3) is 0 Å². The summed E-state index contributed by atoms with van der Waals surface area (Å²) >= 11 is 0. The summed E-state index contributed by atoms with van der Waals surface area (Å²) in [6, 6.07) is 6.83. The normalized spacial score (nSPS) is 17.0. The lowest BCUT2D eigenvalue weighted by atomic mass is 9.77. The minimum absolute atomic E-state index is 0.175. The summed E-state index contributed by atoms with van der Waals surface area (Å²) in [7, 11) is 3.75. The average molecular weight is 396 g/mol. The lowest BCUT2D eigenvalue weighted by Gasteiger charge is -2.32. The van der Waals surface area contributed by atoms with E-state index in [1.165, 1.54) is 0 Å². The molecule has 0 saturated heterocycles. The van der Waals surface area contributed by atoms with E-state index in [1.54, 1.807) is 24.3 Å². The van der Waals surface area contributed by atoms with E-state index >= 15 is 0 Å². The predicted molar refractivity (Wildman–Crippen MR) is 115 cm³/mol. The Bertz CT molecular complexity index is 953. The highest BCUT2D eigenvalue weighted by Crippen LogP contribution is 2.45. The van der Waals surface area contributed by atoms with Gasteiger partial charge < -0.3 is 21.5 Å². The van der Waals surface area contributed by atoms with Gasteiger partial charge in [-0.15, -0.1) is 0 Å². The van der Waals surface area contributed by atoms with E-state index in [9.17, 15) is 9.59 Å². The van der Waals surface area contributed by atoms with Crippen molar-refractivity contribution in [3.63, 3.8) is 0 Å². The zero-order chi connectivity index (χ0) is 21.1. The van der Waals surface area contributed by atoms with Crippen molar-refractivity contribution in [1.29, 1.82) is 0 Å². The number of rotatable bonds is 3. The van der Waals surface area contributed by atoms with Crippen molar-refractivity contribution >= 4 is 22.9 Å². The fraction of sp³-hybridized carbons (Fsp3) is 0.391. The molecule has 1 aliphatic carbocycles. The Hall–Kier alpha value is -2.70. The summed E-state index contributed by atoms with van der Waals surface area (Å²) in [6.07, 6.45) is 3.29. The van der Waals surface area contributed by atoms with Crippen LogP contribution < -0.4 is 16.8 Å². The molecule has 0 bridgehead atoms. The molecular formula is C23H29N3O3. The van der Waals surface area contributed by atoms with Crippen LogP contribution in [0.15, 0.2) is 24.3 Å². The number of fused-ring (bicyclic) bond motifs is 3. The summed E-state index contributed by atoms with van der Waals surface area (Å²) < 4.78 is 5.93. The largest absolute Gasteiger partial charge is 0.398 e. The number of nitrogens with one attached hydrogen (secondary N) is 1. The molecule has 2 aromatic carbocycles. The summed E-state index contributed by atoms with van der Waals surface area (Å²) in [5, 5.41) is 2.75. The van der Waals surface area contributed by atoms with Gasteiger partial charge in [-0.2, -0.15) is 0 Å². The Morgan fingerprint density at radius 1 is 1.03 bits per heavy atom. The van der Waals surface area contributed by atoms with E-state index in [0.717, 1.165) is 30.4 Å². The lowest BCUT2D eigenvalue weighted by Crippen LogP contribution is -2.29. The molecule has 2 aliphatic rings. The van der Waals surface area contributed by atoms with Crippen molar-refractivity contribution in [2.75, 3.05) is 32.2 Å². The summed E-state index contributed by atoms with van der Waals surface area (Å²) in [6.45, 7) is 2.66. The van der Waals surface area contributed by atoms with Crippen LogP contribution in [0.3, 0.4) is 0 Å². The summed E-state index contributed by atoms with van der Waals surface area (Å²) in [5.41, 5.74) is 16.6. The van der Waals surface area contributed by atoms with Crippen molar-refractivity contribution in [2.45, 2.75) is 38.7 Å². The van der Waals surface area contributed by atoms with E-state index in [0.29, 0.717) is 35.5 Å². The van der Waals surface area contributed by atoms with Crippen molar-refractivity contribution in [3.05, 3.63) is 57.6 Å². The monoisotopic (exact) mass is 395 g/mol. The standard InChI is InChI=1S/C21H22N2O3.C2H7N/c1-2-3-8-14-15-13(9-10-26-14)18(22)16-17(19(15)23)21(25)12-7-5-4-6-11(12)20(16)24;1-3-2/h4-7,14H,2-3,8-10,22-23H2,1H3;3H,1-2H3. The van der Waals surface area contributed by atoms with Crippen LogP contribution in [0.2, 0.25) is 0 Å². The molecule has 0 radical (unpaired) electrons. The fourth-order valence-corrected chi connectivity index (χ4v) is 4.12. The number of carbonyl (C=O) groups excluding carboxylic acids is 2. The minimum atomic E-state index is -0.234. The van der Waals surface area contributed by atoms with Crippen molar-refractivity contribution < 1.29 is 14.3 Å². The third-order valence-corrected chi connectivity index (χ3v) is 5.41. The van der Waals surface area contributed by atoms with E-state index in [-0.39, 0.29) is 28.8 Å². The SMILES string of the molecule is CCCCC1OCCc2c(N)c3c(c(N)c21)C(=O)c1ccccc1C3=O.CNC. The van der Waals surface area contributed by atoms with Gasteiger partial charge in [0.05, 0.1) is 23.8 Å². The maximum atomic E-state index is 13.1. The Labute approximate surface area is 171 Å². The zero-order valence-electron chi connectivity index (χ0n) is 17.3. The maximum Gasteiger partial charge on any atom is 0.196 e. The number of nitrogens with two attached hydrogens (primary N) is 2. The van der Waals surface area contributed by atoms with Gasteiger partial charge in [0.1, 0.15) is 0 Å². The van der Waals surface area contributed by atoms with Gasteiger partial charge in [-0.25, -0.2) is 0 Å². The number of benzene rings is 2. The number of carbonyl (C=O) groups is 2. The molecule has 2 aromatic rings. The van der Waals surface area contributed by atoms with Crippen molar-refractivity contribution in [3.8, 4) is 0 Å². The van der Waals surface area contributed by atoms with E-state index in [4.69, 9.17) is 16.2 Å². The molecule has 1 atom stereocenters. The molecular weight excluding hydrogens is 366 g/mol. The van der Waals surface area contributed by atoms with Gasteiger partial charge in [-0.1, -0.05) is 44.0 Å². The number of hydrogen-bond acceptors (Lipinski definition) is 6. The molecule has 1 heterocycles. The Kier molecular flexibility index (Phi) is 6.35. The van der Waals surface area contributed by atoms with Gasteiger partial charge in [0.15, 0.2) is 11.6 Å². The molecule has 0 amide bonds. The Morgan fingerprint density at radius 2 is 1.59 bits per heavy atom. The first kappa shape index (κ1) is 21.0. The molecule has 0 fully saturated rings. The highest BCUT2D eigenvalue weighted by atomic mass is 16.5. The Morgan fingerprint density at radius 3 is 2.14 bits per heavy atom. The maximum absolute atomic E-state index is 13.1. The molecule has 5 N–H and O–H groups in total. The highest BCUT2D eigenvalue weighted by Gasteiger charge is 2.38. The average Bonchev–Trinajstić information content (AvgIpc) is 2.73. The number of unbranched alkanes of at least 4 members (excludes halogenated alkanes) is 1. The van der Waals surface area contributed by atoms with Crippen molar-refractivity contribution in [2.24, 2.45) is 0 Å². The smallest absolute Gasteiger partial charge is 0.196 e. The quantitative estimate of drug-likeness (QED) is 0.464. The van der Waals surface area contributed by atoms with Crippen LogP contribution in [0.25, 0.3) is 0 Å². The molecule has 4 rings (SSSR count). The van der Waals surface area contributed by atoms with Gasteiger partial charge in [-0.05, 0) is 32.5 Å². The molecule has 6 nitrogen and oxygen atoms in total. The second kappa shape index (κ2) is 8.76. The third-order valence-electron chi connectivity index (χ3n) is 5.41. The van der Waals surface area contributed by atoms with Crippen LogP contribution in [-0.2, 0) is 11.2 Å². The number of anilines is 2. The molecule has 0 saturated carbocycles. The fourth-order valence-electron chi connectivity index (χ4n) is 4.12. The van der Waals surface area contributed by atoms with E-state index in [1.807, 2.05) is 14.1 Å². The second-order valence-electron chi connectivity index (χ2n) is 7.43. The summed E-state index contributed by atoms with van der Waals surface area (Å²) in [4.78, 5) is 26.2. The molecule has 29 heavy (non-hydrogen) atoms. The van der Waals surface area contributed by atoms with Crippen LogP contribution in [0.1, 0.15) is 75.3 Å². The van der Waals surface area contributed by atoms with Crippen LogP contribution >= 0.6 is 0 Å². The first-order chi connectivity index (χ1) is 14.0. The summed E-state index contributed by atoms with van der Waals surface area (Å²) in [5.74, 6) is -0.458. The second-order valence-corrected chi connectivity index (χ2v) is 7.43. The first-order valence-corrected chi connectivity index (χ1v) is 10.1. The molecule has 0 spiro atoms. The molecule has 1 aliphatic heterocycles. The minimum Gasteiger partial charge on any atom is -0.398 e. The third kappa shape index (κ3) is 3.54. The molecule has 1 unspecified atom stereocenters. The number of ketones is 2. The van der Waals surface area contributed by atoms with Crippen LogP contribution in [0, 0.1) is 0 Å². The predicted octanol–water partition coefficient (Wildman–Crippen LogP) is 3.27. The van der Waals surface area contributed by atoms with Crippen LogP contribution in [0.5, 0.6) is 0 Å². The van der Waals surface area contributed by atoms with Crippen LogP contribution in [-0.4, -0.2) is 32.3 Å². The van der Waals surface area contributed by atoms with Gasteiger partial charge in [0, 0.05) is 28.1 Å².